The van der Waals surface area contributed by atoms with Gasteiger partial charge < -0.3 is 10.1 Å². The van der Waals surface area contributed by atoms with Crippen LogP contribution in [0.15, 0.2) is 29.3 Å². The predicted octanol–water partition coefficient (Wildman–Crippen LogP) is 2.82. The summed E-state index contributed by atoms with van der Waals surface area (Å²) in [6.07, 6.45) is 2.33. The summed E-state index contributed by atoms with van der Waals surface area (Å²) >= 11 is 5.90. The lowest BCUT2D eigenvalue weighted by molar-refractivity contribution is -0.121. The summed E-state index contributed by atoms with van der Waals surface area (Å²) in [6.45, 7) is 5.30. The third kappa shape index (κ3) is 4.59. The first-order chi connectivity index (χ1) is 13.5. The van der Waals surface area contributed by atoms with Crippen molar-refractivity contribution in [2.24, 2.45) is 4.99 Å². The number of aliphatic imine (C=N–C) groups is 1. The normalized spacial score (nSPS) is 15.4. The van der Waals surface area contributed by atoms with Gasteiger partial charge in [-0.2, -0.15) is 5.10 Å². The van der Waals surface area contributed by atoms with E-state index >= 15 is 0 Å². The molecular formula is C20H23ClN4O3. The summed E-state index contributed by atoms with van der Waals surface area (Å²) < 4.78 is 7.26. The molecule has 1 atom stereocenters. The van der Waals surface area contributed by atoms with Gasteiger partial charge in [-0.25, -0.2) is 0 Å². The van der Waals surface area contributed by atoms with Gasteiger partial charge in [0.2, 0.25) is 11.7 Å². The smallest absolute Gasteiger partial charge is 0.222 e. The van der Waals surface area contributed by atoms with E-state index in [1.54, 1.807) is 23.0 Å². The van der Waals surface area contributed by atoms with Crippen molar-refractivity contribution in [3.8, 4) is 5.75 Å². The van der Waals surface area contributed by atoms with Crippen LogP contribution in [-0.4, -0.2) is 46.9 Å². The van der Waals surface area contributed by atoms with E-state index in [2.05, 4.69) is 15.4 Å². The Morgan fingerprint density at radius 2 is 2.21 bits per heavy atom. The Kier molecular flexibility index (Phi) is 6.46. The fourth-order valence-electron chi connectivity index (χ4n) is 3.07. The van der Waals surface area contributed by atoms with Crippen LogP contribution >= 0.6 is 11.6 Å². The van der Waals surface area contributed by atoms with Crippen LogP contribution in [0.1, 0.15) is 41.5 Å². The van der Waals surface area contributed by atoms with Crippen molar-refractivity contribution in [3.63, 3.8) is 0 Å². The van der Waals surface area contributed by atoms with Crippen molar-refractivity contribution < 1.29 is 14.3 Å². The average molecular weight is 403 g/mol. The molecule has 8 heteroatoms. The molecule has 1 aromatic heterocycles. The molecule has 2 aromatic rings. The minimum Gasteiger partial charge on any atom is -0.493 e. The average Bonchev–Trinajstić information content (AvgIpc) is 3.00. The number of hydrogen-bond donors (Lipinski definition) is 1. The molecule has 1 aromatic carbocycles. The van der Waals surface area contributed by atoms with Crippen molar-refractivity contribution in [1.82, 2.24) is 15.1 Å². The van der Waals surface area contributed by atoms with Crippen LogP contribution in [0.4, 0.5) is 0 Å². The lowest BCUT2D eigenvalue weighted by atomic mass is 9.99. The molecule has 148 valence electrons. The molecule has 0 spiro atoms. The molecule has 28 heavy (non-hydrogen) atoms. The largest absolute Gasteiger partial charge is 0.493 e. The highest BCUT2D eigenvalue weighted by atomic mass is 35.5. The zero-order valence-corrected chi connectivity index (χ0v) is 16.7. The van der Waals surface area contributed by atoms with Gasteiger partial charge in [0.15, 0.2) is 0 Å². The van der Waals surface area contributed by atoms with Crippen LogP contribution in [0.2, 0.25) is 5.02 Å². The SMILES string of the molecule is CCn1nc(C)c2c1C(=O)C(CC(=O)NCCCOc1cccc(Cl)c1)N=C2. The second kappa shape index (κ2) is 9.01. The highest BCUT2D eigenvalue weighted by Crippen LogP contribution is 2.21. The Hall–Kier alpha value is -2.67. The van der Waals surface area contributed by atoms with Gasteiger partial charge in [-0.15, -0.1) is 0 Å². The second-order valence-electron chi connectivity index (χ2n) is 6.54. The minimum atomic E-state index is -0.698. The topological polar surface area (TPSA) is 85.6 Å². The first-order valence-electron chi connectivity index (χ1n) is 9.29. The van der Waals surface area contributed by atoms with Crippen molar-refractivity contribution in [2.45, 2.75) is 39.3 Å². The van der Waals surface area contributed by atoms with Crippen LogP contribution < -0.4 is 10.1 Å². The molecule has 1 aliphatic rings. The van der Waals surface area contributed by atoms with Gasteiger partial charge in [0.1, 0.15) is 17.5 Å². The number of amides is 1. The molecule has 0 aliphatic carbocycles. The summed E-state index contributed by atoms with van der Waals surface area (Å²) in [6, 6.07) is 6.47. The Labute approximate surface area is 168 Å². The number of nitrogens with one attached hydrogen (secondary N) is 1. The highest BCUT2D eigenvalue weighted by molar-refractivity contribution is 6.30. The lowest BCUT2D eigenvalue weighted by Crippen LogP contribution is -2.34. The number of aryl methyl sites for hydroxylation is 2. The number of carbonyl (C=O) groups excluding carboxylic acids is 2. The van der Waals surface area contributed by atoms with Crippen LogP contribution in [0.25, 0.3) is 0 Å². The van der Waals surface area contributed by atoms with Gasteiger partial charge in [0.05, 0.1) is 18.7 Å². The molecule has 0 saturated carbocycles. The standard InChI is InChI=1S/C20H23ClN4O3/c1-3-25-19-16(13(2)24-25)12-23-17(20(19)27)11-18(26)22-8-5-9-28-15-7-4-6-14(21)10-15/h4,6-7,10,12,17H,3,5,8-9,11H2,1-2H3,(H,22,26). The third-order valence-electron chi connectivity index (χ3n) is 4.48. The van der Waals surface area contributed by atoms with Gasteiger partial charge >= 0.3 is 0 Å². The molecule has 0 fully saturated rings. The zero-order valence-electron chi connectivity index (χ0n) is 15.9. The zero-order chi connectivity index (χ0) is 20.1. The van der Waals surface area contributed by atoms with Gasteiger partial charge in [-0.05, 0) is 38.5 Å². The fourth-order valence-corrected chi connectivity index (χ4v) is 3.25. The summed E-state index contributed by atoms with van der Waals surface area (Å²) in [4.78, 5) is 29.2. The maximum atomic E-state index is 12.7. The molecule has 0 bridgehead atoms. The Balaban J connectivity index is 1.44. The van der Waals surface area contributed by atoms with Crippen molar-refractivity contribution in [2.75, 3.05) is 13.2 Å². The molecule has 1 aliphatic heterocycles. The van der Waals surface area contributed by atoms with Crippen molar-refractivity contribution in [1.29, 1.82) is 0 Å². The number of Topliss-reactive ketones (excluding diaryl/α,β-unsaturated/α-hetero) is 1. The van der Waals surface area contributed by atoms with E-state index in [0.717, 1.165) is 11.3 Å². The van der Waals surface area contributed by atoms with Crippen LogP contribution in [0.5, 0.6) is 5.75 Å². The van der Waals surface area contributed by atoms with E-state index in [-0.39, 0.29) is 18.1 Å². The van der Waals surface area contributed by atoms with E-state index in [9.17, 15) is 9.59 Å². The molecule has 0 radical (unpaired) electrons. The van der Waals surface area contributed by atoms with E-state index in [1.807, 2.05) is 26.0 Å². The van der Waals surface area contributed by atoms with E-state index in [4.69, 9.17) is 16.3 Å². The number of aromatic nitrogens is 2. The van der Waals surface area contributed by atoms with Crippen LogP contribution in [0, 0.1) is 6.92 Å². The van der Waals surface area contributed by atoms with E-state index in [0.29, 0.717) is 42.6 Å². The number of fused-ring (bicyclic) bond motifs is 1. The van der Waals surface area contributed by atoms with Gasteiger partial charge in [-0.1, -0.05) is 17.7 Å². The quantitative estimate of drug-likeness (QED) is 0.688. The maximum Gasteiger partial charge on any atom is 0.222 e. The number of rotatable bonds is 8. The summed E-state index contributed by atoms with van der Waals surface area (Å²) in [7, 11) is 0. The van der Waals surface area contributed by atoms with E-state index < -0.39 is 6.04 Å². The summed E-state index contributed by atoms with van der Waals surface area (Å²) in [5.74, 6) is 0.333. The Bertz CT molecular complexity index is 907. The number of ether oxygens (including phenoxy) is 1. The minimum absolute atomic E-state index is 0.0257. The number of hydrogen-bond acceptors (Lipinski definition) is 5. The molecule has 1 amide bonds. The molecule has 1 N–H and O–H groups in total. The highest BCUT2D eigenvalue weighted by Gasteiger charge is 2.31. The number of nitrogens with zero attached hydrogens (tertiary/aromatic N) is 3. The van der Waals surface area contributed by atoms with E-state index in [1.165, 1.54) is 0 Å². The Morgan fingerprint density at radius 3 is 2.96 bits per heavy atom. The predicted molar refractivity (Wildman–Crippen MR) is 108 cm³/mol. The summed E-state index contributed by atoms with van der Waals surface area (Å²) in [5.41, 5.74) is 2.07. The van der Waals surface area contributed by atoms with Gasteiger partial charge in [0, 0.05) is 29.9 Å². The second-order valence-corrected chi connectivity index (χ2v) is 6.97. The number of benzene rings is 1. The van der Waals surface area contributed by atoms with Gasteiger partial charge in [0.25, 0.3) is 0 Å². The lowest BCUT2D eigenvalue weighted by Gasteiger charge is -2.16. The number of ketones is 1. The first kappa shape index (κ1) is 20.1. The maximum absolute atomic E-state index is 12.7. The molecule has 3 rings (SSSR count). The van der Waals surface area contributed by atoms with Crippen molar-refractivity contribution in [3.05, 3.63) is 46.2 Å². The number of halogens is 1. The van der Waals surface area contributed by atoms with Crippen molar-refractivity contribution >= 4 is 29.5 Å². The Morgan fingerprint density at radius 1 is 1.39 bits per heavy atom. The van der Waals surface area contributed by atoms with Crippen LogP contribution in [-0.2, 0) is 11.3 Å². The van der Waals surface area contributed by atoms with Gasteiger partial charge in [-0.3, -0.25) is 19.3 Å². The molecule has 0 saturated heterocycles. The third-order valence-corrected chi connectivity index (χ3v) is 4.71. The monoisotopic (exact) mass is 402 g/mol. The molecule has 7 nitrogen and oxygen atoms in total. The first-order valence-corrected chi connectivity index (χ1v) is 9.67. The summed E-state index contributed by atoms with van der Waals surface area (Å²) in [5, 5.41) is 7.79. The fraction of sp³-hybridized carbons (Fsp3) is 0.400. The number of carbonyl (C=O) groups is 2. The van der Waals surface area contributed by atoms with Crippen LogP contribution in [0.3, 0.4) is 0 Å². The molecular weight excluding hydrogens is 380 g/mol. The molecule has 1 unspecified atom stereocenters. The molecule has 2 heterocycles.